The van der Waals surface area contributed by atoms with E-state index >= 15 is 0 Å². The number of methoxy groups -OCH3 is 4. The fourth-order valence-electron chi connectivity index (χ4n) is 8.35. The number of hydrogen-bond acceptors (Lipinski definition) is 9. The monoisotopic (exact) mass is 851 g/mol. The minimum Gasteiger partial charge on any atom is -1.00 e. The number of ether oxygens (including phenoxy) is 5. The predicted octanol–water partition coefficient (Wildman–Crippen LogP) is 4.55. The van der Waals surface area contributed by atoms with E-state index in [9.17, 15) is 15.2 Å². The standard InChI is InChI=1S/C27H38N2O4.C19H28NO3.BrH/c1-20(2)27(19-28,22-10-12-24(31-5)26(18-22)33-7)14-8-15-29(3)16-13-21-9-11-23(30-4)25(17-21)32-6;1-20(2)13-12-17(14-20)23-18(21)19(22,16-10-6-7-11-16)15-8-4-3-5-9-15;/h9-12,17-18,20H,8,13-16H2,1-7H3;3-5,8-9,16-17,22H,6-7,10-14H2,1-2H3;1H/q;+1;/p-1. The summed E-state index contributed by atoms with van der Waals surface area (Å²) in [5.41, 5.74) is 0.772. The highest BCUT2D eigenvalue weighted by molar-refractivity contribution is 5.81. The number of carbonyl (C=O) groups excluding carboxylic acids is 1. The average molecular weight is 853 g/mol. The molecule has 3 unspecified atom stereocenters. The molecular weight excluding hydrogens is 786 g/mol. The van der Waals surface area contributed by atoms with E-state index in [1.165, 1.54) is 5.56 Å². The Morgan fingerprint density at radius 1 is 0.860 bits per heavy atom. The van der Waals surface area contributed by atoms with Crippen molar-refractivity contribution in [1.29, 1.82) is 5.26 Å². The number of nitriles is 1. The summed E-state index contributed by atoms with van der Waals surface area (Å²) < 4.78 is 28.2. The van der Waals surface area contributed by atoms with E-state index in [2.05, 4.69) is 52.0 Å². The van der Waals surface area contributed by atoms with Gasteiger partial charge in [0.15, 0.2) is 34.7 Å². The molecule has 1 N–H and O–H groups in total. The second-order valence-corrected chi connectivity index (χ2v) is 16.4. The van der Waals surface area contributed by atoms with Gasteiger partial charge in [-0.2, -0.15) is 5.26 Å². The van der Waals surface area contributed by atoms with Crippen molar-refractivity contribution in [3.05, 3.63) is 83.4 Å². The van der Waals surface area contributed by atoms with E-state index in [1.807, 2.05) is 60.7 Å². The molecule has 0 aromatic heterocycles. The first-order valence-electron chi connectivity index (χ1n) is 20.1. The average Bonchev–Trinajstić information content (AvgIpc) is 3.88. The Balaban J connectivity index is 0.000000317. The van der Waals surface area contributed by atoms with Crippen LogP contribution in [0.3, 0.4) is 0 Å². The zero-order chi connectivity index (χ0) is 40.9. The van der Waals surface area contributed by atoms with Crippen LogP contribution in [0, 0.1) is 23.2 Å². The van der Waals surface area contributed by atoms with Crippen LogP contribution in [-0.2, 0) is 27.0 Å². The summed E-state index contributed by atoms with van der Waals surface area (Å²) in [4.78, 5) is 15.3. The molecule has 3 aromatic carbocycles. The maximum Gasteiger partial charge on any atom is 0.343 e. The molecule has 11 heteroatoms. The first-order valence-corrected chi connectivity index (χ1v) is 20.1. The maximum atomic E-state index is 12.9. The highest BCUT2D eigenvalue weighted by Crippen LogP contribution is 2.43. The molecule has 0 amide bonds. The molecule has 1 saturated carbocycles. The van der Waals surface area contributed by atoms with E-state index in [4.69, 9.17) is 23.7 Å². The molecule has 314 valence electrons. The van der Waals surface area contributed by atoms with Crippen molar-refractivity contribution in [1.82, 2.24) is 4.90 Å². The van der Waals surface area contributed by atoms with E-state index in [1.54, 1.807) is 28.4 Å². The quantitative estimate of drug-likeness (QED) is 0.155. The molecule has 1 aliphatic heterocycles. The van der Waals surface area contributed by atoms with Gasteiger partial charge < -0.3 is 55.2 Å². The summed E-state index contributed by atoms with van der Waals surface area (Å²) in [6.07, 6.45) is 7.29. The first-order chi connectivity index (χ1) is 26.8. The molecule has 1 heterocycles. The second-order valence-electron chi connectivity index (χ2n) is 16.4. The summed E-state index contributed by atoms with van der Waals surface area (Å²) in [5.74, 6) is 2.49. The van der Waals surface area contributed by atoms with Crippen molar-refractivity contribution < 1.29 is 55.0 Å². The number of benzene rings is 3. The Hall–Kier alpha value is -3.82. The van der Waals surface area contributed by atoms with Gasteiger partial charge in [-0.05, 0) is 92.6 Å². The van der Waals surface area contributed by atoms with Gasteiger partial charge in [0.25, 0.3) is 0 Å². The Labute approximate surface area is 352 Å². The summed E-state index contributed by atoms with van der Waals surface area (Å²) in [6.45, 7) is 7.89. The van der Waals surface area contributed by atoms with Gasteiger partial charge in [0.05, 0.1) is 60.6 Å². The van der Waals surface area contributed by atoms with Crippen molar-refractivity contribution in [2.24, 2.45) is 11.8 Å². The van der Waals surface area contributed by atoms with E-state index < -0.39 is 17.0 Å². The van der Waals surface area contributed by atoms with Crippen LogP contribution in [0.5, 0.6) is 23.0 Å². The summed E-state index contributed by atoms with van der Waals surface area (Å²) in [7, 11) is 13.0. The minimum atomic E-state index is -1.50. The fraction of sp³-hybridized carbons (Fsp3) is 0.565. The third kappa shape index (κ3) is 11.9. The zero-order valence-corrected chi connectivity index (χ0v) is 37.3. The molecule has 0 radical (unpaired) electrons. The van der Waals surface area contributed by atoms with Crippen LogP contribution in [0.25, 0.3) is 0 Å². The van der Waals surface area contributed by atoms with Crippen molar-refractivity contribution in [2.75, 3.05) is 75.8 Å². The van der Waals surface area contributed by atoms with Gasteiger partial charge in [0.2, 0.25) is 0 Å². The summed E-state index contributed by atoms with van der Waals surface area (Å²) in [5, 5.41) is 21.6. The molecule has 1 saturated heterocycles. The first kappa shape index (κ1) is 47.6. The number of halogens is 1. The van der Waals surface area contributed by atoms with Crippen molar-refractivity contribution in [3.63, 3.8) is 0 Å². The highest BCUT2D eigenvalue weighted by Gasteiger charge is 2.49. The van der Waals surface area contributed by atoms with Crippen molar-refractivity contribution >= 4 is 5.97 Å². The van der Waals surface area contributed by atoms with Crippen LogP contribution >= 0.6 is 0 Å². The summed E-state index contributed by atoms with van der Waals surface area (Å²) >= 11 is 0. The largest absolute Gasteiger partial charge is 1.00 e. The molecule has 5 rings (SSSR count). The highest BCUT2D eigenvalue weighted by atomic mass is 79.9. The maximum absolute atomic E-state index is 12.9. The van der Waals surface area contributed by atoms with Crippen molar-refractivity contribution in [2.45, 2.75) is 82.3 Å². The Morgan fingerprint density at radius 2 is 1.46 bits per heavy atom. The molecule has 3 aromatic rings. The molecule has 2 fully saturated rings. The van der Waals surface area contributed by atoms with Gasteiger partial charge >= 0.3 is 5.97 Å². The molecule has 2 aliphatic rings. The molecule has 10 nitrogen and oxygen atoms in total. The smallest absolute Gasteiger partial charge is 0.343 e. The summed E-state index contributed by atoms with van der Waals surface area (Å²) in [6, 6.07) is 23.8. The van der Waals surface area contributed by atoms with Gasteiger partial charge in [-0.15, -0.1) is 0 Å². The number of aliphatic hydroxyl groups is 1. The number of rotatable bonds is 17. The van der Waals surface area contributed by atoms with Crippen LogP contribution in [0.15, 0.2) is 66.7 Å². The lowest BCUT2D eigenvalue weighted by Crippen LogP contribution is -3.00. The Morgan fingerprint density at radius 3 is 2.00 bits per heavy atom. The van der Waals surface area contributed by atoms with Crippen molar-refractivity contribution in [3.8, 4) is 29.1 Å². The lowest BCUT2D eigenvalue weighted by Gasteiger charge is -2.33. The lowest BCUT2D eigenvalue weighted by molar-refractivity contribution is -0.879. The number of likely N-dealkylation sites (tertiary alicyclic amines) is 1. The molecule has 1 aliphatic carbocycles. The predicted molar refractivity (Wildman–Crippen MR) is 220 cm³/mol. The Kier molecular flexibility index (Phi) is 18.2. The van der Waals surface area contributed by atoms with Crippen LogP contribution < -0.4 is 35.9 Å². The van der Waals surface area contributed by atoms with Gasteiger partial charge in [-0.25, -0.2) is 4.79 Å². The molecule has 57 heavy (non-hydrogen) atoms. The van der Waals surface area contributed by atoms with Crippen LogP contribution in [0.4, 0.5) is 0 Å². The molecule has 3 atom stereocenters. The second kappa shape index (κ2) is 21.8. The normalized spacial score (nSPS) is 18.3. The molecule has 0 spiro atoms. The van der Waals surface area contributed by atoms with Gasteiger partial charge in [0.1, 0.15) is 6.54 Å². The van der Waals surface area contributed by atoms with Crippen LogP contribution in [-0.4, -0.2) is 102 Å². The number of nitrogens with zero attached hydrogens (tertiary/aromatic N) is 3. The third-order valence-corrected chi connectivity index (χ3v) is 11.9. The van der Waals surface area contributed by atoms with E-state index in [-0.39, 0.29) is 34.9 Å². The van der Waals surface area contributed by atoms with Crippen LogP contribution in [0.1, 0.15) is 75.5 Å². The van der Waals surface area contributed by atoms with E-state index in [0.717, 1.165) is 99.1 Å². The number of quaternary nitrogens is 1. The molecule has 0 bridgehead atoms. The van der Waals surface area contributed by atoms with E-state index in [0.29, 0.717) is 17.1 Å². The Bertz CT molecular complexity index is 1740. The topological polar surface area (TPSA) is 110 Å². The van der Waals surface area contributed by atoms with Gasteiger partial charge in [-0.1, -0.05) is 69.2 Å². The zero-order valence-electron chi connectivity index (χ0n) is 35.7. The third-order valence-electron chi connectivity index (χ3n) is 11.9. The number of carbonyl (C=O) groups is 1. The number of esters is 1. The van der Waals surface area contributed by atoms with Crippen LogP contribution in [0.2, 0.25) is 0 Å². The van der Waals surface area contributed by atoms with Gasteiger partial charge in [0, 0.05) is 18.9 Å². The van der Waals surface area contributed by atoms with Gasteiger partial charge in [-0.3, -0.25) is 0 Å². The lowest BCUT2D eigenvalue weighted by atomic mass is 9.69. The number of hydrogen-bond donors (Lipinski definition) is 1. The minimum absolute atomic E-state index is 0. The number of likely N-dealkylation sites (N-methyl/N-ethyl adjacent to an activating group) is 2. The molecular formula is C46H66BrN3O7. The SMILES string of the molecule is COc1ccc(CCN(C)CCCC(C#N)(c2ccc(OC)c(OC)c2)C(C)C)cc1OC.C[N+]1(C)CCC(OC(=O)C(O)(c2ccccc2)C2CCCC2)C1.[Br-]. The fourth-order valence-corrected chi connectivity index (χ4v) is 8.35.